The second-order valence-corrected chi connectivity index (χ2v) is 9.59. The lowest BCUT2D eigenvalue weighted by Gasteiger charge is -2.12. The molecule has 0 aliphatic heterocycles. The highest BCUT2D eigenvalue weighted by atomic mass is 35.5. The highest BCUT2D eigenvalue weighted by molar-refractivity contribution is 7.98. The summed E-state index contributed by atoms with van der Waals surface area (Å²) in [6, 6.07) is 34.9. The number of benzene rings is 4. The van der Waals surface area contributed by atoms with Gasteiger partial charge < -0.3 is 0 Å². The predicted octanol–water partition coefficient (Wildman–Crippen LogP) is 8.30. The largest absolute Gasteiger partial charge is 0.291 e. The Balaban J connectivity index is 1.69. The Morgan fingerprint density at radius 1 is 0.806 bits per heavy atom. The Labute approximate surface area is 218 Å². The van der Waals surface area contributed by atoms with Crippen molar-refractivity contribution in [1.82, 2.24) is 9.78 Å². The zero-order valence-corrected chi connectivity index (χ0v) is 20.8. The third-order valence-corrected chi connectivity index (χ3v) is 7.17. The van der Waals surface area contributed by atoms with E-state index in [2.05, 4.69) is 0 Å². The van der Waals surface area contributed by atoms with E-state index in [9.17, 15) is 9.18 Å². The molecule has 0 amide bonds. The zero-order chi connectivity index (χ0) is 24.9. The molecule has 4 aromatic carbocycles. The number of aromatic nitrogens is 2. The van der Waals surface area contributed by atoms with E-state index in [1.54, 1.807) is 12.1 Å². The molecular weight excluding hydrogens is 491 g/mol. The molecule has 5 rings (SSSR count). The van der Waals surface area contributed by atoms with Gasteiger partial charge >= 0.3 is 0 Å². The van der Waals surface area contributed by atoms with Crippen molar-refractivity contribution in [3.63, 3.8) is 0 Å². The summed E-state index contributed by atoms with van der Waals surface area (Å²) in [6.07, 6.45) is 0. The molecule has 0 saturated carbocycles. The molecule has 1 heterocycles. The van der Waals surface area contributed by atoms with Crippen LogP contribution in [0.15, 0.2) is 114 Å². The van der Waals surface area contributed by atoms with Crippen molar-refractivity contribution in [2.45, 2.75) is 10.6 Å². The zero-order valence-electron chi connectivity index (χ0n) is 19.3. The molecule has 3 nitrogen and oxygen atoms in total. The van der Waals surface area contributed by atoms with Gasteiger partial charge in [-0.1, -0.05) is 90.5 Å². The monoisotopic (exact) mass is 512 g/mol. The van der Waals surface area contributed by atoms with Crippen LogP contribution in [0.4, 0.5) is 4.39 Å². The molecule has 0 aliphatic carbocycles. The van der Waals surface area contributed by atoms with E-state index in [0.717, 1.165) is 38.7 Å². The predicted molar refractivity (Wildman–Crippen MR) is 146 cm³/mol. The van der Waals surface area contributed by atoms with Crippen LogP contribution in [0.5, 0.6) is 0 Å². The van der Waals surface area contributed by atoms with Gasteiger partial charge in [0.25, 0.3) is 0 Å². The van der Waals surface area contributed by atoms with E-state index in [-0.39, 0.29) is 0 Å². The first-order valence-corrected chi connectivity index (χ1v) is 12.8. The Bertz CT molecular complexity index is 1490. The highest BCUT2D eigenvalue weighted by Gasteiger charge is 2.22. The van der Waals surface area contributed by atoms with Gasteiger partial charge in [-0.3, -0.25) is 4.79 Å². The van der Waals surface area contributed by atoms with Gasteiger partial charge in [0.15, 0.2) is 12.5 Å². The van der Waals surface area contributed by atoms with Gasteiger partial charge in [-0.05, 0) is 35.9 Å². The van der Waals surface area contributed by atoms with Crippen molar-refractivity contribution in [1.29, 1.82) is 0 Å². The highest BCUT2D eigenvalue weighted by Crippen LogP contribution is 2.39. The lowest BCUT2D eigenvalue weighted by atomic mass is 9.99. The molecule has 36 heavy (non-hydrogen) atoms. The minimum atomic E-state index is -1.02. The number of halogens is 2. The van der Waals surface area contributed by atoms with Crippen LogP contribution in [0, 0.1) is 0 Å². The minimum absolute atomic E-state index is 0.395. The van der Waals surface area contributed by atoms with Crippen molar-refractivity contribution < 1.29 is 9.18 Å². The van der Waals surface area contributed by atoms with Crippen molar-refractivity contribution in [2.24, 2.45) is 0 Å². The third-order valence-electron chi connectivity index (χ3n) is 5.84. The van der Waals surface area contributed by atoms with Gasteiger partial charge in [0.1, 0.15) is 5.69 Å². The number of nitrogens with zero attached hydrogens (tertiary/aromatic N) is 2. The number of rotatable bonds is 8. The average molecular weight is 513 g/mol. The Morgan fingerprint density at radius 3 is 2.14 bits per heavy atom. The first kappa shape index (κ1) is 24.0. The first-order chi connectivity index (χ1) is 17.7. The molecule has 5 aromatic rings. The van der Waals surface area contributed by atoms with E-state index < -0.39 is 12.5 Å². The van der Waals surface area contributed by atoms with Crippen molar-refractivity contribution in [3.8, 4) is 28.1 Å². The van der Waals surface area contributed by atoms with Crippen molar-refractivity contribution in [3.05, 3.63) is 125 Å². The maximum atomic E-state index is 13.2. The van der Waals surface area contributed by atoms with Crippen LogP contribution in [0.25, 0.3) is 28.1 Å². The van der Waals surface area contributed by atoms with E-state index in [1.165, 1.54) is 11.8 Å². The number of ketones is 1. The topological polar surface area (TPSA) is 34.9 Å². The van der Waals surface area contributed by atoms with Crippen molar-refractivity contribution in [2.75, 3.05) is 6.67 Å². The second kappa shape index (κ2) is 10.9. The number of hydrogen-bond donors (Lipinski definition) is 0. The van der Waals surface area contributed by atoms with Crippen LogP contribution in [-0.2, 0) is 5.75 Å². The summed E-state index contributed by atoms with van der Waals surface area (Å²) in [4.78, 5) is 13.0. The second-order valence-electron chi connectivity index (χ2n) is 8.13. The SMILES string of the molecule is O=C(CF)c1ccccc1SCc1c(-c2ccc(Cl)cc2)c(-c2ccccc2)nn1-c1ccccc1. The Hall–Kier alpha value is -3.67. The standard InChI is InChI=1S/C30H22ClFN2OS/c31-23-17-15-21(16-18-23)29-26(20-36-28-14-8-7-13-25(28)27(35)19-32)34(24-11-5-2-6-12-24)33-30(29)22-9-3-1-4-10-22/h1-18H,19-20H2. The summed E-state index contributed by atoms with van der Waals surface area (Å²) < 4.78 is 15.2. The number of thioether (sulfide) groups is 1. The molecule has 6 heteroatoms. The van der Waals surface area contributed by atoms with Crippen LogP contribution in [0.1, 0.15) is 16.1 Å². The summed E-state index contributed by atoms with van der Waals surface area (Å²) in [6.45, 7) is -1.02. The molecule has 0 unspecified atom stereocenters. The Morgan fingerprint density at radius 2 is 1.44 bits per heavy atom. The van der Waals surface area contributed by atoms with Gasteiger partial charge in [0, 0.05) is 32.4 Å². The van der Waals surface area contributed by atoms with Gasteiger partial charge in [0.2, 0.25) is 0 Å². The fourth-order valence-electron chi connectivity index (χ4n) is 4.13. The molecule has 0 aliphatic rings. The van der Waals surface area contributed by atoms with Crippen LogP contribution < -0.4 is 0 Å². The third kappa shape index (κ3) is 4.99. The maximum absolute atomic E-state index is 13.2. The molecule has 0 radical (unpaired) electrons. The van der Waals surface area contributed by atoms with Gasteiger partial charge in [-0.2, -0.15) is 5.10 Å². The molecule has 0 bridgehead atoms. The number of Topliss-reactive ketones (excluding diaryl/α,β-unsaturated/α-hetero) is 1. The minimum Gasteiger partial charge on any atom is -0.291 e. The molecule has 0 fully saturated rings. The number of hydrogen-bond acceptors (Lipinski definition) is 3. The smallest absolute Gasteiger partial charge is 0.194 e. The van der Waals surface area contributed by atoms with Gasteiger partial charge in [-0.15, -0.1) is 11.8 Å². The molecular formula is C30H22ClFN2OS. The fourth-order valence-corrected chi connectivity index (χ4v) is 5.32. The summed E-state index contributed by atoms with van der Waals surface area (Å²) >= 11 is 7.71. The van der Waals surface area contributed by atoms with E-state index in [1.807, 2.05) is 102 Å². The summed E-state index contributed by atoms with van der Waals surface area (Å²) in [5.41, 5.74) is 6.12. The van der Waals surface area contributed by atoms with Gasteiger partial charge in [-0.25, -0.2) is 9.07 Å². The first-order valence-electron chi connectivity index (χ1n) is 11.5. The van der Waals surface area contributed by atoms with Crippen LogP contribution in [0.3, 0.4) is 0 Å². The molecule has 0 atom stereocenters. The average Bonchev–Trinajstić information content (AvgIpc) is 3.32. The van der Waals surface area contributed by atoms with Gasteiger partial charge in [0.05, 0.1) is 11.4 Å². The molecule has 0 spiro atoms. The van der Waals surface area contributed by atoms with Crippen LogP contribution in [0.2, 0.25) is 5.02 Å². The molecule has 1 aromatic heterocycles. The van der Waals surface area contributed by atoms with Crippen LogP contribution in [-0.4, -0.2) is 22.2 Å². The quantitative estimate of drug-likeness (QED) is 0.155. The summed E-state index contributed by atoms with van der Waals surface area (Å²) in [7, 11) is 0. The number of carbonyl (C=O) groups excluding carboxylic acids is 1. The summed E-state index contributed by atoms with van der Waals surface area (Å²) in [5.74, 6) is 0.000987. The number of para-hydroxylation sites is 1. The number of carbonyl (C=O) groups is 1. The van der Waals surface area contributed by atoms with E-state index >= 15 is 0 Å². The maximum Gasteiger partial charge on any atom is 0.194 e. The fraction of sp³-hybridized carbons (Fsp3) is 0.0667. The number of alkyl halides is 1. The lowest BCUT2D eigenvalue weighted by Crippen LogP contribution is -2.04. The Kier molecular flexibility index (Phi) is 7.31. The molecule has 0 N–H and O–H groups in total. The van der Waals surface area contributed by atoms with Crippen molar-refractivity contribution >= 4 is 29.1 Å². The van der Waals surface area contributed by atoms with E-state index in [4.69, 9.17) is 16.7 Å². The normalized spacial score (nSPS) is 10.9. The molecule has 0 saturated heterocycles. The summed E-state index contributed by atoms with van der Waals surface area (Å²) in [5, 5.41) is 5.74. The molecule has 178 valence electrons. The van der Waals surface area contributed by atoms with E-state index in [0.29, 0.717) is 16.3 Å². The lowest BCUT2D eigenvalue weighted by molar-refractivity contribution is 0.0956. The van der Waals surface area contributed by atoms with Crippen LogP contribution >= 0.6 is 23.4 Å².